The molecule has 3 aromatic carbocycles. The van der Waals surface area contributed by atoms with E-state index in [4.69, 9.17) is 10.7 Å². The normalized spacial score (nSPS) is 16.8. The molecule has 5 aromatic rings. The van der Waals surface area contributed by atoms with Crippen LogP contribution in [-0.2, 0) is 11.3 Å². The minimum absolute atomic E-state index is 0.135. The second kappa shape index (κ2) is 16.4. The summed E-state index contributed by atoms with van der Waals surface area (Å²) in [6, 6.07) is 20.8. The van der Waals surface area contributed by atoms with Gasteiger partial charge in [0.05, 0.1) is 24.1 Å². The number of primary amides is 1. The quantitative estimate of drug-likeness (QED) is 0.172. The Morgan fingerprint density at radius 1 is 0.912 bits per heavy atom. The molecular weight excluding hydrogens is 728 g/mol. The Hall–Kier alpha value is -6.42. The molecule has 3 aliphatic heterocycles. The molecule has 57 heavy (non-hydrogen) atoms. The number of benzene rings is 3. The maximum Gasteiger partial charge on any atom is 0.328 e. The van der Waals surface area contributed by atoms with Crippen LogP contribution >= 0.6 is 0 Å². The summed E-state index contributed by atoms with van der Waals surface area (Å²) in [5, 5.41) is 13.4. The van der Waals surface area contributed by atoms with Crippen LogP contribution in [0.5, 0.6) is 0 Å². The summed E-state index contributed by atoms with van der Waals surface area (Å²) in [5.74, 6) is -0.199. The fourth-order valence-electron chi connectivity index (χ4n) is 7.80. The van der Waals surface area contributed by atoms with Gasteiger partial charge in [0, 0.05) is 87.6 Å². The number of nitrogens with zero attached hydrogens (tertiary/aromatic N) is 9. The minimum Gasteiger partial charge on any atom is -0.369 e. The van der Waals surface area contributed by atoms with E-state index < -0.39 is 11.9 Å². The number of amides is 4. The second-order valence-electron chi connectivity index (χ2n) is 14.9. The summed E-state index contributed by atoms with van der Waals surface area (Å²) < 4.78 is 16.8. The number of nitrogens with two attached hydrogens (primary N) is 1. The maximum absolute atomic E-state index is 15.2. The molecule has 15 nitrogen and oxygen atoms in total. The lowest BCUT2D eigenvalue weighted by Gasteiger charge is -2.40. The topological polar surface area (TPSA) is 171 Å². The molecule has 5 heterocycles. The Morgan fingerprint density at radius 3 is 2.39 bits per heavy atom. The van der Waals surface area contributed by atoms with Crippen LogP contribution in [0.15, 0.2) is 79.1 Å². The predicted molar refractivity (Wildman–Crippen MR) is 215 cm³/mol. The van der Waals surface area contributed by atoms with Crippen molar-refractivity contribution in [3.63, 3.8) is 0 Å². The van der Waals surface area contributed by atoms with Gasteiger partial charge in [-0.1, -0.05) is 17.3 Å². The average molecular weight is 773 g/mol. The maximum atomic E-state index is 15.2. The molecule has 0 radical (unpaired) electrons. The van der Waals surface area contributed by atoms with Gasteiger partial charge in [-0.05, 0) is 91.4 Å². The van der Waals surface area contributed by atoms with Gasteiger partial charge in [0.15, 0.2) is 5.69 Å². The number of aromatic nitrogens is 5. The molecular formula is C41H45FN12O3. The van der Waals surface area contributed by atoms with E-state index in [1.807, 2.05) is 25.1 Å². The van der Waals surface area contributed by atoms with Gasteiger partial charge in [-0.3, -0.25) is 24.7 Å². The van der Waals surface area contributed by atoms with Crippen molar-refractivity contribution >= 4 is 46.5 Å². The van der Waals surface area contributed by atoms with Gasteiger partial charge >= 0.3 is 6.03 Å². The van der Waals surface area contributed by atoms with E-state index in [0.717, 1.165) is 86.7 Å². The highest BCUT2D eigenvalue weighted by Gasteiger charge is 2.28. The third kappa shape index (κ3) is 8.70. The molecule has 3 saturated heterocycles. The Labute approximate surface area is 329 Å². The summed E-state index contributed by atoms with van der Waals surface area (Å²) in [7, 11) is 0. The van der Waals surface area contributed by atoms with E-state index in [-0.39, 0.29) is 30.4 Å². The molecule has 0 unspecified atom stereocenters. The van der Waals surface area contributed by atoms with Crippen molar-refractivity contribution in [2.24, 2.45) is 11.7 Å². The number of carbonyl (C=O) groups excluding carboxylic acids is 3. The van der Waals surface area contributed by atoms with E-state index in [2.05, 4.69) is 71.0 Å². The lowest BCUT2D eigenvalue weighted by atomic mass is 9.95. The Morgan fingerprint density at radius 2 is 1.68 bits per heavy atom. The van der Waals surface area contributed by atoms with Crippen LogP contribution in [0.25, 0.3) is 11.3 Å². The molecule has 0 spiro atoms. The highest BCUT2D eigenvalue weighted by molar-refractivity contribution is 6.05. The number of piperazine rings is 1. The monoisotopic (exact) mass is 772 g/mol. The number of anilines is 5. The predicted octanol–water partition coefficient (Wildman–Crippen LogP) is 4.56. The smallest absolute Gasteiger partial charge is 0.328 e. The summed E-state index contributed by atoms with van der Waals surface area (Å²) in [6.45, 7) is 9.23. The number of halogens is 1. The molecule has 0 bridgehead atoms. The summed E-state index contributed by atoms with van der Waals surface area (Å²) >= 11 is 0. The highest BCUT2D eigenvalue weighted by atomic mass is 19.1. The zero-order chi connectivity index (χ0) is 39.5. The average Bonchev–Trinajstić information content (AvgIpc) is 3.69. The first-order chi connectivity index (χ1) is 27.6. The molecule has 2 aromatic heterocycles. The third-order valence-electron chi connectivity index (χ3n) is 11.0. The number of carbonyl (C=O) groups is 3. The van der Waals surface area contributed by atoms with Gasteiger partial charge in [0.1, 0.15) is 5.82 Å². The van der Waals surface area contributed by atoms with Crippen LogP contribution < -0.4 is 31.1 Å². The van der Waals surface area contributed by atoms with E-state index in [0.29, 0.717) is 29.8 Å². The number of urea groups is 1. The fraction of sp³-hybridized carbons (Fsp3) is 0.341. The summed E-state index contributed by atoms with van der Waals surface area (Å²) in [4.78, 5) is 52.8. The Bertz CT molecular complexity index is 2270. The van der Waals surface area contributed by atoms with Gasteiger partial charge in [0.2, 0.25) is 11.9 Å². The fourth-order valence-corrected chi connectivity index (χ4v) is 7.80. The molecule has 4 amide bonds. The van der Waals surface area contributed by atoms with Crippen molar-refractivity contribution in [3.8, 4) is 11.3 Å². The molecule has 8 rings (SSSR count). The standard InChI is InChI=1S/C41H45FN12O3/c1-27-22-29(2-3-30(27)25-53-26-36(39(43)56)48-49-53)35-10-14-44-40(46-35)45-31-4-6-32(7-5-31)51-20-18-50(19-21-51)24-28-11-15-52(16-12-28)37-9-8-33(23-34(37)42)54-17-13-38(55)47-41(54)57/h2-10,14,22-23,26,28H,11-13,15-21,24-25H2,1H3,(H2,43,56)(H,44,45,46)(H,47,55,57). The number of aryl methyl sites for hydroxylation is 1. The SMILES string of the molecule is Cc1cc(-c2ccnc(Nc3ccc(N4CCN(CC5CCN(c6ccc(N7CCC(=O)NC7=O)cc6F)CC5)CC4)cc3)n2)ccc1Cn1cc(C(N)=O)nn1. The van der Waals surface area contributed by atoms with Gasteiger partial charge in [-0.25, -0.2) is 23.8 Å². The minimum atomic E-state index is -0.607. The van der Waals surface area contributed by atoms with Crippen LogP contribution in [-0.4, -0.2) is 100 Å². The molecule has 0 aliphatic carbocycles. The zero-order valence-electron chi connectivity index (χ0n) is 31.8. The van der Waals surface area contributed by atoms with Crippen molar-refractivity contribution in [1.82, 2.24) is 35.2 Å². The van der Waals surface area contributed by atoms with E-state index >= 15 is 4.39 Å². The second-order valence-corrected chi connectivity index (χ2v) is 14.9. The molecule has 16 heteroatoms. The molecule has 3 fully saturated rings. The first kappa shape index (κ1) is 37.5. The van der Waals surface area contributed by atoms with Crippen molar-refractivity contribution in [2.45, 2.75) is 32.7 Å². The van der Waals surface area contributed by atoms with Crippen LogP contribution in [0.2, 0.25) is 0 Å². The summed E-state index contributed by atoms with van der Waals surface area (Å²) in [5.41, 5.74) is 12.4. The first-order valence-corrected chi connectivity index (χ1v) is 19.3. The Balaban J connectivity index is 0.791. The van der Waals surface area contributed by atoms with Crippen LogP contribution in [0.4, 0.5) is 37.9 Å². The lowest BCUT2D eigenvalue weighted by Crippen LogP contribution is -2.49. The van der Waals surface area contributed by atoms with Gasteiger partial charge in [0.25, 0.3) is 5.91 Å². The van der Waals surface area contributed by atoms with Crippen molar-refractivity contribution in [2.75, 3.05) is 72.4 Å². The van der Waals surface area contributed by atoms with E-state index in [1.54, 1.807) is 29.2 Å². The Kier molecular flexibility index (Phi) is 10.8. The molecule has 0 atom stereocenters. The molecule has 0 saturated carbocycles. The van der Waals surface area contributed by atoms with Crippen molar-refractivity contribution in [3.05, 3.63) is 102 Å². The third-order valence-corrected chi connectivity index (χ3v) is 11.0. The van der Waals surface area contributed by atoms with E-state index in [9.17, 15) is 14.4 Å². The van der Waals surface area contributed by atoms with Gasteiger partial charge < -0.3 is 20.9 Å². The van der Waals surface area contributed by atoms with E-state index in [1.165, 1.54) is 16.7 Å². The zero-order valence-corrected chi connectivity index (χ0v) is 31.8. The van der Waals surface area contributed by atoms with Crippen LogP contribution in [0, 0.1) is 18.7 Å². The number of hydrogen-bond acceptors (Lipinski definition) is 11. The summed E-state index contributed by atoms with van der Waals surface area (Å²) in [6.07, 6.45) is 5.49. The molecule has 3 aliphatic rings. The number of nitrogens with one attached hydrogen (secondary N) is 2. The van der Waals surface area contributed by atoms with Crippen molar-refractivity contribution in [1.29, 1.82) is 0 Å². The van der Waals surface area contributed by atoms with Crippen LogP contribution in [0.1, 0.15) is 40.9 Å². The first-order valence-electron chi connectivity index (χ1n) is 19.3. The highest BCUT2D eigenvalue weighted by Crippen LogP contribution is 2.31. The van der Waals surface area contributed by atoms with Crippen LogP contribution in [0.3, 0.4) is 0 Å². The number of imide groups is 1. The molecule has 4 N–H and O–H groups in total. The lowest BCUT2D eigenvalue weighted by molar-refractivity contribution is -0.120. The number of piperidine rings is 1. The molecule has 294 valence electrons. The van der Waals surface area contributed by atoms with Gasteiger partial charge in [-0.15, -0.1) is 5.10 Å². The largest absolute Gasteiger partial charge is 0.369 e. The number of hydrogen-bond donors (Lipinski definition) is 3. The number of rotatable bonds is 11. The van der Waals surface area contributed by atoms with Gasteiger partial charge in [-0.2, -0.15) is 0 Å². The van der Waals surface area contributed by atoms with Crippen molar-refractivity contribution < 1.29 is 18.8 Å².